The van der Waals surface area contributed by atoms with Crippen LogP contribution < -0.4 is 14.8 Å². The first kappa shape index (κ1) is 18.6. The largest absolute Gasteiger partial charge is 0.493 e. The second kappa shape index (κ2) is 8.92. The second-order valence-corrected chi connectivity index (χ2v) is 6.15. The van der Waals surface area contributed by atoms with Gasteiger partial charge in [0.05, 0.1) is 20.3 Å². The van der Waals surface area contributed by atoms with Crippen LogP contribution in [0.3, 0.4) is 0 Å². The number of aliphatic hydroxyl groups excluding tert-OH is 1. The third kappa shape index (κ3) is 4.87. The zero-order valence-electron chi connectivity index (χ0n) is 14.3. The van der Waals surface area contributed by atoms with Crippen LogP contribution in [0, 0.1) is 0 Å². The van der Waals surface area contributed by atoms with Crippen molar-refractivity contribution >= 4 is 11.6 Å². The highest BCUT2D eigenvalue weighted by molar-refractivity contribution is 6.31. The molecule has 0 amide bonds. The van der Waals surface area contributed by atoms with Crippen LogP contribution in [0.15, 0.2) is 42.5 Å². The number of ether oxygens (including phenoxy) is 2. The van der Waals surface area contributed by atoms with E-state index in [-0.39, 0.29) is 6.04 Å². The Balaban J connectivity index is 1.91. The number of rotatable bonds is 8. The van der Waals surface area contributed by atoms with E-state index in [0.717, 1.165) is 29.0 Å². The lowest BCUT2D eigenvalue weighted by atomic mass is 10.1. The van der Waals surface area contributed by atoms with Crippen LogP contribution in [0.25, 0.3) is 0 Å². The van der Waals surface area contributed by atoms with Gasteiger partial charge < -0.3 is 19.9 Å². The van der Waals surface area contributed by atoms with Gasteiger partial charge in [-0.25, -0.2) is 0 Å². The molecular weight excluding hydrogens is 326 g/mol. The normalized spacial score (nSPS) is 13.4. The van der Waals surface area contributed by atoms with Crippen LogP contribution in [-0.2, 0) is 6.42 Å². The minimum absolute atomic E-state index is 0.195. The Morgan fingerprint density at radius 3 is 2.46 bits per heavy atom. The highest BCUT2D eigenvalue weighted by atomic mass is 35.5. The summed E-state index contributed by atoms with van der Waals surface area (Å²) in [7, 11) is 3.25. The minimum atomic E-state index is -0.633. The molecule has 0 aliphatic heterocycles. The summed E-state index contributed by atoms with van der Waals surface area (Å²) >= 11 is 6.11. The van der Waals surface area contributed by atoms with Crippen LogP contribution in [-0.4, -0.2) is 31.9 Å². The molecule has 24 heavy (non-hydrogen) atoms. The van der Waals surface area contributed by atoms with E-state index in [0.29, 0.717) is 11.6 Å². The van der Waals surface area contributed by atoms with Crippen molar-refractivity contribution in [3.05, 3.63) is 58.6 Å². The summed E-state index contributed by atoms with van der Waals surface area (Å²) in [6, 6.07) is 13.4. The summed E-state index contributed by atoms with van der Waals surface area (Å²) in [5.74, 6) is 1.44. The van der Waals surface area contributed by atoms with Gasteiger partial charge in [0.25, 0.3) is 0 Å². The summed E-state index contributed by atoms with van der Waals surface area (Å²) < 4.78 is 10.6. The first-order valence-electron chi connectivity index (χ1n) is 7.92. The molecule has 0 radical (unpaired) electrons. The number of halogens is 1. The smallest absolute Gasteiger partial charge is 0.160 e. The molecule has 0 bridgehead atoms. The summed E-state index contributed by atoms with van der Waals surface area (Å²) in [5.41, 5.74) is 1.88. The lowest BCUT2D eigenvalue weighted by Crippen LogP contribution is -2.32. The van der Waals surface area contributed by atoms with Gasteiger partial charge in [-0.05, 0) is 37.1 Å². The Morgan fingerprint density at radius 2 is 1.79 bits per heavy atom. The van der Waals surface area contributed by atoms with Gasteiger partial charge in [-0.1, -0.05) is 35.9 Å². The van der Waals surface area contributed by atoms with Crippen LogP contribution in [0.2, 0.25) is 5.02 Å². The van der Waals surface area contributed by atoms with E-state index in [9.17, 15) is 5.11 Å². The van der Waals surface area contributed by atoms with E-state index in [1.54, 1.807) is 20.3 Å². The summed E-state index contributed by atoms with van der Waals surface area (Å²) in [6.45, 7) is 2.52. The molecule has 0 aliphatic rings. The van der Waals surface area contributed by atoms with Crippen LogP contribution in [0.1, 0.15) is 24.2 Å². The fraction of sp³-hybridized carbons (Fsp3) is 0.368. The molecule has 0 aliphatic carbocycles. The van der Waals surface area contributed by atoms with E-state index in [2.05, 4.69) is 12.2 Å². The number of hydrogen-bond donors (Lipinski definition) is 2. The van der Waals surface area contributed by atoms with Crippen molar-refractivity contribution in [1.29, 1.82) is 0 Å². The standard InChI is InChI=1S/C19H24ClNO3/c1-13(10-14-8-9-18(23-2)19(11-14)24-3)21-12-17(22)15-6-4-5-7-16(15)20/h4-9,11,13,17,21-22H,10,12H2,1-3H3/t13-,17+/m1/s1. The predicted octanol–water partition coefficient (Wildman–Crippen LogP) is 3.61. The Labute approximate surface area is 148 Å². The SMILES string of the molecule is COc1ccc(C[C@@H](C)NC[C@H](O)c2ccccc2Cl)cc1OC. The average molecular weight is 350 g/mol. The molecule has 0 unspecified atom stereocenters. The zero-order valence-corrected chi connectivity index (χ0v) is 15.0. The maximum absolute atomic E-state index is 10.3. The van der Waals surface area contributed by atoms with Crippen LogP contribution >= 0.6 is 11.6 Å². The topological polar surface area (TPSA) is 50.7 Å². The van der Waals surface area contributed by atoms with Gasteiger partial charge in [0.1, 0.15) is 0 Å². The van der Waals surface area contributed by atoms with Crippen molar-refractivity contribution in [2.45, 2.75) is 25.5 Å². The molecule has 2 aromatic rings. The van der Waals surface area contributed by atoms with Gasteiger partial charge in [0.15, 0.2) is 11.5 Å². The van der Waals surface area contributed by atoms with E-state index in [1.165, 1.54) is 0 Å². The zero-order chi connectivity index (χ0) is 17.5. The number of hydrogen-bond acceptors (Lipinski definition) is 4. The second-order valence-electron chi connectivity index (χ2n) is 5.74. The molecule has 0 saturated carbocycles. The monoisotopic (exact) mass is 349 g/mol. The highest BCUT2D eigenvalue weighted by Gasteiger charge is 2.13. The minimum Gasteiger partial charge on any atom is -0.493 e. The maximum atomic E-state index is 10.3. The summed E-state index contributed by atoms with van der Waals surface area (Å²) in [4.78, 5) is 0. The van der Waals surface area contributed by atoms with E-state index >= 15 is 0 Å². The molecular formula is C19H24ClNO3. The number of methoxy groups -OCH3 is 2. The average Bonchev–Trinajstić information content (AvgIpc) is 2.60. The molecule has 0 aromatic heterocycles. The van der Waals surface area contributed by atoms with Crippen LogP contribution in [0.5, 0.6) is 11.5 Å². The van der Waals surface area contributed by atoms with Crippen molar-refractivity contribution < 1.29 is 14.6 Å². The molecule has 0 saturated heterocycles. The van der Waals surface area contributed by atoms with Crippen molar-refractivity contribution in [1.82, 2.24) is 5.32 Å². The molecule has 2 N–H and O–H groups in total. The van der Waals surface area contributed by atoms with Crippen molar-refractivity contribution in [3.63, 3.8) is 0 Å². The number of aliphatic hydroxyl groups is 1. The quantitative estimate of drug-likeness (QED) is 0.764. The van der Waals surface area contributed by atoms with Gasteiger partial charge in [0, 0.05) is 23.2 Å². The lowest BCUT2D eigenvalue weighted by molar-refractivity contribution is 0.170. The first-order valence-corrected chi connectivity index (χ1v) is 8.29. The fourth-order valence-electron chi connectivity index (χ4n) is 2.60. The molecule has 2 rings (SSSR count). The Morgan fingerprint density at radius 1 is 1.08 bits per heavy atom. The third-order valence-electron chi connectivity index (χ3n) is 3.91. The van der Waals surface area contributed by atoms with Crippen LogP contribution in [0.4, 0.5) is 0 Å². The maximum Gasteiger partial charge on any atom is 0.160 e. The first-order chi connectivity index (χ1) is 11.5. The summed E-state index contributed by atoms with van der Waals surface area (Å²) in [5, 5.41) is 14.2. The lowest BCUT2D eigenvalue weighted by Gasteiger charge is -2.19. The highest BCUT2D eigenvalue weighted by Crippen LogP contribution is 2.28. The molecule has 0 heterocycles. The molecule has 5 heteroatoms. The summed E-state index contributed by atoms with van der Waals surface area (Å²) in [6.07, 6.45) is 0.182. The molecule has 4 nitrogen and oxygen atoms in total. The van der Waals surface area contributed by atoms with Crippen molar-refractivity contribution in [2.75, 3.05) is 20.8 Å². The van der Waals surface area contributed by atoms with Gasteiger partial charge in [0.2, 0.25) is 0 Å². The third-order valence-corrected chi connectivity index (χ3v) is 4.26. The Bertz CT molecular complexity index is 663. The van der Waals surface area contributed by atoms with Gasteiger partial charge in [-0.2, -0.15) is 0 Å². The number of benzene rings is 2. The molecule has 2 aromatic carbocycles. The van der Waals surface area contributed by atoms with Crippen molar-refractivity contribution in [3.8, 4) is 11.5 Å². The molecule has 130 valence electrons. The predicted molar refractivity (Wildman–Crippen MR) is 97.1 cm³/mol. The molecule has 0 spiro atoms. The fourth-order valence-corrected chi connectivity index (χ4v) is 2.86. The number of nitrogens with one attached hydrogen (secondary N) is 1. The Kier molecular flexibility index (Phi) is 6.91. The molecule has 2 atom stereocenters. The van der Waals surface area contributed by atoms with E-state index in [1.807, 2.05) is 36.4 Å². The van der Waals surface area contributed by atoms with E-state index in [4.69, 9.17) is 21.1 Å². The molecule has 0 fully saturated rings. The Hall–Kier alpha value is -1.75. The van der Waals surface area contributed by atoms with Crippen molar-refractivity contribution in [2.24, 2.45) is 0 Å². The van der Waals surface area contributed by atoms with Gasteiger partial charge in [-0.15, -0.1) is 0 Å². The van der Waals surface area contributed by atoms with Gasteiger partial charge in [-0.3, -0.25) is 0 Å². The van der Waals surface area contributed by atoms with Gasteiger partial charge >= 0.3 is 0 Å². The van der Waals surface area contributed by atoms with E-state index < -0.39 is 6.10 Å².